The molecular weight excluding hydrogens is 258 g/mol. The first-order chi connectivity index (χ1) is 8.60. The predicted molar refractivity (Wildman–Crippen MR) is 82.4 cm³/mol. The molecule has 0 radical (unpaired) electrons. The molecule has 0 rings (SSSR count). The Labute approximate surface area is 118 Å². The molecule has 0 aliphatic carbocycles. The molecule has 0 fully saturated rings. The summed E-state index contributed by atoms with van der Waals surface area (Å²) in [5.74, 6) is -0.233. The van der Waals surface area contributed by atoms with Gasteiger partial charge >= 0.3 is 5.97 Å². The van der Waals surface area contributed by atoms with E-state index in [0.29, 0.717) is 13.2 Å². The van der Waals surface area contributed by atoms with Crippen LogP contribution in [-0.2, 0) is 14.0 Å². The minimum atomic E-state index is -1.71. The first-order valence-corrected chi connectivity index (χ1v) is 9.82. The van der Waals surface area contributed by atoms with Gasteiger partial charge in [0.15, 0.2) is 8.32 Å². The van der Waals surface area contributed by atoms with Gasteiger partial charge in [-0.25, -0.2) is 0 Å². The number of hydrogen-bond donors (Lipinski definition) is 0. The Hall–Kier alpha value is -0.683. The normalized spacial score (nSPS) is 14.7. The second kappa shape index (κ2) is 7.80. The van der Waals surface area contributed by atoms with Crippen molar-refractivity contribution >= 4 is 20.5 Å². The highest BCUT2D eigenvalue weighted by Crippen LogP contribution is 2.36. The van der Waals surface area contributed by atoms with Crippen molar-refractivity contribution < 1.29 is 14.0 Å². The van der Waals surface area contributed by atoms with Crippen molar-refractivity contribution in [2.75, 3.05) is 13.2 Å². The third kappa shape index (κ3) is 7.47. The number of carbonyl (C=O) groups is 1. The van der Waals surface area contributed by atoms with Crippen LogP contribution in [0.25, 0.3) is 0 Å². The zero-order valence-electron chi connectivity index (χ0n) is 13.4. The van der Waals surface area contributed by atoms with Crippen LogP contribution in [0.4, 0.5) is 0 Å². The fourth-order valence-corrected chi connectivity index (χ4v) is 2.21. The molecule has 1 unspecified atom stereocenters. The first-order valence-electron chi connectivity index (χ1n) is 6.91. The minimum Gasteiger partial charge on any atom is -0.466 e. The van der Waals surface area contributed by atoms with Crippen molar-refractivity contribution in [3.8, 4) is 0 Å². The number of aliphatic imine (C=N–C) groups is 1. The Morgan fingerprint density at radius 2 is 1.95 bits per heavy atom. The summed E-state index contributed by atoms with van der Waals surface area (Å²) < 4.78 is 10.9. The van der Waals surface area contributed by atoms with Crippen molar-refractivity contribution in [1.82, 2.24) is 0 Å². The Kier molecular flexibility index (Phi) is 7.52. The van der Waals surface area contributed by atoms with Gasteiger partial charge in [0.25, 0.3) is 0 Å². The van der Waals surface area contributed by atoms with Gasteiger partial charge in [0.05, 0.1) is 25.7 Å². The summed E-state index contributed by atoms with van der Waals surface area (Å²) in [6.45, 7) is 15.9. The Balaban J connectivity index is 4.09. The van der Waals surface area contributed by atoms with E-state index in [4.69, 9.17) is 9.16 Å². The van der Waals surface area contributed by atoms with E-state index in [9.17, 15) is 4.79 Å². The highest BCUT2D eigenvalue weighted by atomic mass is 28.4. The first kappa shape index (κ1) is 18.3. The molecule has 0 spiro atoms. The quantitative estimate of drug-likeness (QED) is 0.409. The summed E-state index contributed by atoms with van der Waals surface area (Å²) >= 11 is 0. The second-order valence-electron chi connectivity index (χ2n) is 6.26. The lowest BCUT2D eigenvalue weighted by Gasteiger charge is -2.36. The predicted octanol–water partition coefficient (Wildman–Crippen LogP) is 3.42. The molecule has 0 N–H and O–H groups in total. The third-order valence-corrected chi connectivity index (χ3v) is 7.92. The van der Waals surface area contributed by atoms with E-state index in [1.807, 2.05) is 6.92 Å². The lowest BCUT2D eigenvalue weighted by molar-refractivity contribution is -0.141. The summed E-state index contributed by atoms with van der Waals surface area (Å²) in [6, 6.07) is 0.0727. The van der Waals surface area contributed by atoms with E-state index in [1.54, 1.807) is 13.1 Å². The highest BCUT2D eigenvalue weighted by molar-refractivity contribution is 6.74. The van der Waals surface area contributed by atoms with Crippen molar-refractivity contribution in [2.45, 2.75) is 65.2 Å². The van der Waals surface area contributed by atoms with Gasteiger partial charge in [0.1, 0.15) is 0 Å². The summed E-state index contributed by atoms with van der Waals surface area (Å²) in [7, 11) is -1.71. The maximum atomic E-state index is 11.1. The molecule has 0 aromatic rings. The maximum Gasteiger partial charge on any atom is 0.311 e. The molecule has 0 heterocycles. The van der Waals surface area contributed by atoms with Gasteiger partial charge in [0, 0.05) is 6.21 Å². The average molecular weight is 287 g/mol. The summed E-state index contributed by atoms with van der Waals surface area (Å²) in [4.78, 5) is 15.4. The van der Waals surface area contributed by atoms with Crippen LogP contribution in [0, 0.1) is 0 Å². The van der Waals surface area contributed by atoms with E-state index < -0.39 is 8.32 Å². The molecule has 0 aliphatic heterocycles. The number of esters is 1. The molecule has 0 aromatic carbocycles. The van der Waals surface area contributed by atoms with Gasteiger partial charge in [-0.05, 0) is 32.0 Å². The largest absolute Gasteiger partial charge is 0.466 e. The SMILES string of the molecule is CCOC(=O)CC=NC(C)CO[Si](C)(C)C(C)(C)C. The van der Waals surface area contributed by atoms with E-state index in [-0.39, 0.29) is 23.5 Å². The Morgan fingerprint density at radius 1 is 1.37 bits per heavy atom. The van der Waals surface area contributed by atoms with Crippen LogP contribution in [0.1, 0.15) is 41.0 Å². The number of hydrogen-bond acceptors (Lipinski definition) is 4. The summed E-state index contributed by atoms with van der Waals surface area (Å²) in [5.41, 5.74) is 0. The topological polar surface area (TPSA) is 47.9 Å². The number of ether oxygens (including phenoxy) is 1. The molecule has 0 bridgehead atoms. The minimum absolute atomic E-state index is 0.0727. The fourth-order valence-electron chi connectivity index (χ4n) is 1.12. The summed E-state index contributed by atoms with van der Waals surface area (Å²) in [5, 5.41) is 0.210. The molecule has 112 valence electrons. The molecule has 0 amide bonds. The third-order valence-electron chi connectivity index (χ3n) is 3.41. The molecule has 0 aliphatic rings. The van der Waals surface area contributed by atoms with Gasteiger partial charge < -0.3 is 9.16 Å². The second-order valence-corrected chi connectivity index (χ2v) is 11.1. The van der Waals surface area contributed by atoms with E-state index in [1.165, 1.54) is 0 Å². The lowest BCUT2D eigenvalue weighted by Crippen LogP contribution is -2.42. The lowest BCUT2D eigenvalue weighted by atomic mass is 10.2. The highest BCUT2D eigenvalue weighted by Gasteiger charge is 2.37. The van der Waals surface area contributed by atoms with Crippen LogP contribution in [0.3, 0.4) is 0 Å². The van der Waals surface area contributed by atoms with Crippen LogP contribution in [0.2, 0.25) is 18.1 Å². The molecule has 19 heavy (non-hydrogen) atoms. The Bertz CT molecular complexity index is 308. The molecular formula is C14H29NO3Si. The van der Waals surface area contributed by atoms with Crippen LogP contribution < -0.4 is 0 Å². The zero-order chi connectivity index (χ0) is 15.1. The average Bonchev–Trinajstić information content (AvgIpc) is 2.25. The van der Waals surface area contributed by atoms with Gasteiger partial charge in [-0.3, -0.25) is 9.79 Å². The van der Waals surface area contributed by atoms with Crippen molar-refractivity contribution in [3.63, 3.8) is 0 Å². The van der Waals surface area contributed by atoms with E-state index >= 15 is 0 Å². The summed E-state index contributed by atoms with van der Waals surface area (Å²) in [6.07, 6.45) is 1.86. The zero-order valence-corrected chi connectivity index (χ0v) is 14.4. The molecule has 0 aromatic heterocycles. The Morgan fingerprint density at radius 3 is 2.42 bits per heavy atom. The fraction of sp³-hybridized carbons (Fsp3) is 0.857. The molecule has 5 heteroatoms. The van der Waals surface area contributed by atoms with Gasteiger partial charge in [-0.1, -0.05) is 20.8 Å². The van der Waals surface area contributed by atoms with Gasteiger partial charge in [0.2, 0.25) is 0 Å². The van der Waals surface area contributed by atoms with Crippen molar-refractivity contribution in [3.05, 3.63) is 0 Å². The number of carbonyl (C=O) groups excluding carboxylic acids is 1. The molecule has 0 saturated heterocycles. The van der Waals surface area contributed by atoms with E-state index in [2.05, 4.69) is 38.9 Å². The van der Waals surface area contributed by atoms with Gasteiger partial charge in [-0.2, -0.15) is 0 Å². The maximum absolute atomic E-state index is 11.1. The van der Waals surface area contributed by atoms with E-state index in [0.717, 1.165) is 0 Å². The van der Waals surface area contributed by atoms with Crippen LogP contribution in [0.15, 0.2) is 4.99 Å². The number of rotatable bonds is 7. The monoisotopic (exact) mass is 287 g/mol. The molecule has 1 atom stereocenters. The van der Waals surface area contributed by atoms with Gasteiger partial charge in [-0.15, -0.1) is 0 Å². The van der Waals surface area contributed by atoms with Crippen LogP contribution >= 0.6 is 0 Å². The number of nitrogens with zero attached hydrogens (tertiary/aromatic N) is 1. The van der Waals surface area contributed by atoms with Crippen LogP contribution in [-0.4, -0.2) is 39.8 Å². The standard InChI is InChI=1S/C14H29NO3Si/c1-8-17-13(16)9-10-15-12(2)11-18-19(6,7)14(3,4)5/h10,12H,8-9,11H2,1-7H3. The smallest absolute Gasteiger partial charge is 0.311 e. The molecule has 4 nitrogen and oxygen atoms in total. The molecule has 0 saturated carbocycles. The van der Waals surface area contributed by atoms with Crippen LogP contribution in [0.5, 0.6) is 0 Å². The van der Waals surface area contributed by atoms with Crippen molar-refractivity contribution in [1.29, 1.82) is 0 Å². The van der Waals surface area contributed by atoms with Crippen molar-refractivity contribution in [2.24, 2.45) is 4.99 Å².